The molecule has 0 atom stereocenters. The minimum absolute atomic E-state index is 0.0942. The van der Waals surface area contributed by atoms with Crippen LogP contribution in [-0.4, -0.2) is 12.8 Å². The molecule has 0 bridgehead atoms. The van der Waals surface area contributed by atoms with Crippen molar-refractivity contribution in [3.05, 3.63) is 25.0 Å². The molecule has 0 aliphatic carbocycles. The van der Waals surface area contributed by atoms with E-state index < -0.39 is 6.18 Å². The summed E-state index contributed by atoms with van der Waals surface area (Å²) in [5, 5.41) is 0. The summed E-state index contributed by atoms with van der Waals surface area (Å²) in [6, 6.07) is 0. The molecule has 58 valence electrons. The average Bonchev–Trinajstić information content (AvgIpc) is 1.78. The van der Waals surface area contributed by atoms with Crippen LogP contribution < -0.4 is 0 Å². The lowest BCUT2D eigenvalue weighted by atomic mass is 10.5. The fraction of sp³-hybridized carbons (Fsp3) is 0.333. The van der Waals surface area contributed by atoms with Crippen LogP contribution in [0.4, 0.5) is 13.2 Å². The third-order valence-corrected chi connectivity index (χ3v) is 0.617. The minimum atomic E-state index is -4.25. The third-order valence-electron chi connectivity index (χ3n) is 0.617. The quantitative estimate of drug-likeness (QED) is 0.342. The van der Waals surface area contributed by atoms with Crippen LogP contribution >= 0.6 is 0 Å². The van der Waals surface area contributed by atoms with Gasteiger partial charge in [-0.15, -0.1) is 0 Å². The molecule has 0 aliphatic rings. The van der Waals surface area contributed by atoms with E-state index >= 15 is 0 Å². The third kappa shape index (κ3) is 7.07. The van der Waals surface area contributed by atoms with E-state index in [0.29, 0.717) is 0 Å². The molecular formula is C6H7F3O. The van der Waals surface area contributed by atoms with Gasteiger partial charge in [-0.2, -0.15) is 13.2 Å². The largest absolute Gasteiger partial charge is 0.498 e. The second-order valence-electron chi connectivity index (χ2n) is 1.44. The summed E-state index contributed by atoms with van der Waals surface area (Å²) < 4.78 is 38.4. The first-order chi connectivity index (χ1) is 4.56. The summed E-state index contributed by atoms with van der Waals surface area (Å²) in [5.74, 6) is 0. The Morgan fingerprint density at radius 2 is 2.00 bits per heavy atom. The minimum Gasteiger partial charge on any atom is -0.498 e. The highest BCUT2D eigenvalue weighted by atomic mass is 19.4. The van der Waals surface area contributed by atoms with Crippen LogP contribution in [0.25, 0.3) is 0 Å². The van der Waals surface area contributed by atoms with Crippen LogP contribution in [0.15, 0.2) is 25.0 Å². The Balaban J connectivity index is 3.46. The lowest BCUT2D eigenvalue weighted by molar-refractivity contribution is -0.0802. The second kappa shape index (κ2) is 3.98. The molecule has 4 heteroatoms. The SMILES string of the molecule is C=COC/C=C\C(F)(F)F. The van der Waals surface area contributed by atoms with E-state index in [1.807, 2.05) is 0 Å². The Hall–Kier alpha value is -0.930. The monoisotopic (exact) mass is 152 g/mol. The molecule has 0 spiro atoms. The number of ether oxygens (including phenoxy) is 1. The zero-order valence-electron chi connectivity index (χ0n) is 5.19. The molecule has 0 aromatic heterocycles. The van der Waals surface area contributed by atoms with Gasteiger partial charge in [0.1, 0.15) is 6.61 Å². The predicted octanol–water partition coefficient (Wildman–Crippen LogP) is 2.27. The van der Waals surface area contributed by atoms with Crippen molar-refractivity contribution in [2.45, 2.75) is 6.18 Å². The van der Waals surface area contributed by atoms with Crippen molar-refractivity contribution in [2.24, 2.45) is 0 Å². The highest BCUT2D eigenvalue weighted by Crippen LogP contribution is 2.15. The Labute approximate surface area is 56.8 Å². The van der Waals surface area contributed by atoms with Crippen LogP contribution in [0.3, 0.4) is 0 Å². The van der Waals surface area contributed by atoms with Crippen LogP contribution in [-0.2, 0) is 4.74 Å². The van der Waals surface area contributed by atoms with E-state index in [4.69, 9.17) is 0 Å². The molecule has 0 aliphatic heterocycles. The number of hydrogen-bond donors (Lipinski definition) is 0. The molecule has 1 nitrogen and oxygen atoms in total. The summed E-state index contributed by atoms with van der Waals surface area (Å²) in [6.07, 6.45) is -2.16. The summed E-state index contributed by atoms with van der Waals surface area (Å²) in [6.45, 7) is 3.06. The molecule has 0 heterocycles. The van der Waals surface area contributed by atoms with Gasteiger partial charge in [-0.3, -0.25) is 0 Å². The summed E-state index contributed by atoms with van der Waals surface area (Å²) in [5.41, 5.74) is 0. The first kappa shape index (κ1) is 9.07. The molecule has 10 heavy (non-hydrogen) atoms. The molecule has 0 unspecified atom stereocenters. The Morgan fingerprint density at radius 3 is 2.40 bits per heavy atom. The van der Waals surface area contributed by atoms with E-state index in [1.165, 1.54) is 0 Å². The van der Waals surface area contributed by atoms with Gasteiger partial charge in [-0.25, -0.2) is 0 Å². The van der Waals surface area contributed by atoms with E-state index in [1.54, 1.807) is 0 Å². The maximum absolute atomic E-state index is 11.3. The maximum Gasteiger partial charge on any atom is 0.409 e. The second-order valence-corrected chi connectivity index (χ2v) is 1.44. The Bertz CT molecular complexity index is 125. The van der Waals surface area contributed by atoms with Crippen LogP contribution in [0.5, 0.6) is 0 Å². The van der Waals surface area contributed by atoms with Gasteiger partial charge in [0, 0.05) is 6.08 Å². The Morgan fingerprint density at radius 1 is 1.40 bits per heavy atom. The number of rotatable bonds is 3. The van der Waals surface area contributed by atoms with Gasteiger partial charge < -0.3 is 4.74 Å². The standard InChI is InChI=1S/C6H7F3O/c1-2-10-5-3-4-6(7,8)9/h2-4H,1,5H2/b4-3-. The average molecular weight is 152 g/mol. The molecule has 0 rings (SSSR count). The van der Waals surface area contributed by atoms with Gasteiger partial charge in [0.05, 0.1) is 6.26 Å². The van der Waals surface area contributed by atoms with E-state index in [9.17, 15) is 13.2 Å². The van der Waals surface area contributed by atoms with Crippen molar-refractivity contribution < 1.29 is 17.9 Å². The zero-order chi connectivity index (χ0) is 8.04. The molecule has 0 fully saturated rings. The molecule has 0 N–H and O–H groups in total. The molecular weight excluding hydrogens is 145 g/mol. The van der Waals surface area contributed by atoms with Crippen molar-refractivity contribution in [3.63, 3.8) is 0 Å². The maximum atomic E-state index is 11.3. The van der Waals surface area contributed by atoms with E-state index in [0.717, 1.165) is 12.3 Å². The summed E-state index contributed by atoms with van der Waals surface area (Å²) in [7, 11) is 0. The van der Waals surface area contributed by atoms with Gasteiger partial charge >= 0.3 is 6.18 Å². The number of allylic oxidation sites excluding steroid dienone is 1. The van der Waals surface area contributed by atoms with Crippen LogP contribution in [0, 0.1) is 0 Å². The van der Waals surface area contributed by atoms with Gasteiger partial charge in [0.15, 0.2) is 0 Å². The number of hydrogen-bond acceptors (Lipinski definition) is 1. The molecule has 0 aromatic rings. The smallest absolute Gasteiger partial charge is 0.409 e. The summed E-state index contributed by atoms with van der Waals surface area (Å²) >= 11 is 0. The molecule has 0 aromatic carbocycles. The van der Waals surface area contributed by atoms with E-state index in [-0.39, 0.29) is 12.7 Å². The highest BCUT2D eigenvalue weighted by molar-refractivity contribution is 4.88. The highest BCUT2D eigenvalue weighted by Gasteiger charge is 2.21. The fourth-order valence-corrected chi connectivity index (χ4v) is 0.305. The summed E-state index contributed by atoms with van der Waals surface area (Å²) in [4.78, 5) is 0. The van der Waals surface area contributed by atoms with Crippen molar-refractivity contribution in [1.29, 1.82) is 0 Å². The van der Waals surface area contributed by atoms with Crippen molar-refractivity contribution in [2.75, 3.05) is 6.61 Å². The van der Waals surface area contributed by atoms with Crippen molar-refractivity contribution in [3.8, 4) is 0 Å². The fourth-order valence-electron chi connectivity index (χ4n) is 0.305. The lowest BCUT2D eigenvalue weighted by Gasteiger charge is -1.96. The van der Waals surface area contributed by atoms with Gasteiger partial charge in [0.25, 0.3) is 0 Å². The van der Waals surface area contributed by atoms with Crippen molar-refractivity contribution in [1.82, 2.24) is 0 Å². The van der Waals surface area contributed by atoms with Gasteiger partial charge in [0.2, 0.25) is 0 Å². The molecule has 0 saturated heterocycles. The first-order valence-electron chi connectivity index (χ1n) is 2.53. The van der Waals surface area contributed by atoms with Gasteiger partial charge in [-0.05, 0) is 6.08 Å². The van der Waals surface area contributed by atoms with Gasteiger partial charge in [-0.1, -0.05) is 6.58 Å². The van der Waals surface area contributed by atoms with Crippen LogP contribution in [0.1, 0.15) is 0 Å². The zero-order valence-corrected chi connectivity index (χ0v) is 5.19. The molecule has 0 amide bonds. The lowest BCUT2D eigenvalue weighted by Crippen LogP contribution is -2.01. The Kier molecular flexibility index (Phi) is 3.61. The first-order valence-corrected chi connectivity index (χ1v) is 2.53. The normalized spacial score (nSPS) is 11.9. The van der Waals surface area contributed by atoms with Crippen molar-refractivity contribution >= 4 is 0 Å². The van der Waals surface area contributed by atoms with E-state index in [2.05, 4.69) is 11.3 Å². The molecule has 0 radical (unpaired) electrons. The topological polar surface area (TPSA) is 9.23 Å². The number of halogens is 3. The molecule has 0 saturated carbocycles. The van der Waals surface area contributed by atoms with Crippen LogP contribution in [0.2, 0.25) is 0 Å². The predicted molar refractivity (Wildman–Crippen MR) is 31.3 cm³/mol. The number of alkyl halides is 3.